The van der Waals surface area contributed by atoms with Gasteiger partial charge in [-0.2, -0.15) is 0 Å². The van der Waals surface area contributed by atoms with E-state index >= 15 is 0 Å². The lowest BCUT2D eigenvalue weighted by atomic mass is 10.8. The van der Waals surface area contributed by atoms with Gasteiger partial charge in [-0.1, -0.05) is 11.6 Å². The minimum absolute atomic E-state index is 0.433. The predicted octanol–water partition coefficient (Wildman–Crippen LogP) is 0.954. The molecule has 0 aliphatic heterocycles. The molecule has 0 bridgehead atoms. The fraction of sp³-hybridized carbons (Fsp3) is 0.500. The average molecular weight is 119 g/mol. The lowest BCUT2D eigenvalue weighted by Gasteiger charge is -1.76. The van der Waals surface area contributed by atoms with Crippen molar-refractivity contribution in [1.29, 1.82) is 0 Å². The van der Waals surface area contributed by atoms with Crippen LogP contribution >= 0.6 is 11.6 Å². The summed E-state index contributed by atoms with van der Waals surface area (Å²) in [6.45, 7) is 0. The maximum Gasteiger partial charge on any atom is 0.141 e. The third kappa shape index (κ3) is 3.46. The van der Waals surface area contributed by atoms with E-state index in [0.29, 0.717) is 5.17 Å². The van der Waals surface area contributed by atoms with Crippen molar-refractivity contribution in [2.45, 2.75) is 0 Å². The highest BCUT2D eigenvalue weighted by atomic mass is 35.5. The number of hydrogen-bond acceptors (Lipinski definition) is 2. The van der Waals surface area contributed by atoms with Crippen LogP contribution in [-0.4, -0.2) is 25.5 Å². The smallest absolute Gasteiger partial charge is 0.141 e. The van der Waals surface area contributed by atoms with Crippen LogP contribution in [0, 0.1) is 0 Å². The Kier molecular flexibility index (Phi) is 3.61. The van der Waals surface area contributed by atoms with Gasteiger partial charge in [-0.05, 0) is 0 Å². The van der Waals surface area contributed by atoms with Crippen LogP contribution in [0.25, 0.3) is 0 Å². The van der Waals surface area contributed by atoms with Crippen LogP contribution < -0.4 is 0 Å². The molecule has 0 aromatic carbocycles. The van der Waals surface area contributed by atoms with E-state index in [0.717, 1.165) is 0 Å². The van der Waals surface area contributed by atoms with Gasteiger partial charge in [0.15, 0.2) is 0 Å². The van der Waals surface area contributed by atoms with Gasteiger partial charge in [0.05, 0.1) is 6.21 Å². The third-order valence-electron chi connectivity index (χ3n) is 0.449. The highest BCUT2D eigenvalue weighted by Gasteiger charge is 1.77. The number of hydrogen-bond donors (Lipinski definition) is 0. The van der Waals surface area contributed by atoms with E-state index in [1.165, 1.54) is 6.21 Å². The van der Waals surface area contributed by atoms with Gasteiger partial charge >= 0.3 is 0 Å². The first kappa shape index (κ1) is 6.63. The van der Waals surface area contributed by atoms with Crippen LogP contribution in [0.15, 0.2) is 9.98 Å². The number of rotatable bonds is 1. The minimum Gasteiger partial charge on any atom is -0.293 e. The molecule has 0 saturated heterocycles. The maximum absolute atomic E-state index is 5.37. The monoisotopic (exact) mass is 118 g/mol. The molecule has 0 N–H and O–H groups in total. The summed E-state index contributed by atoms with van der Waals surface area (Å²) in [5.41, 5.74) is 0. The van der Waals surface area contributed by atoms with Gasteiger partial charge in [0.25, 0.3) is 0 Å². The highest BCUT2D eigenvalue weighted by molar-refractivity contribution is 6.79. The largest absolute Gasteiger partial charge is 0.293 e. The molecule has 0 atom stereocenters. The molecular formula is C4H7ClN2. The number of nitrogens with zero attached hydrogens (tertiary/aromatic N) is 2. The van der Waals surface area contributed by atoms with Crippen LogP contribution in [0.2, 0.25) is 0 Å². The summed E-state index contributed by atoms with van der Waals surface area (Å²) < 4.78 is 0. The Labute approximate surface area is 47.9 Å². The molecule has 0 rings (SSSR count). The second-order valence-corrected chi connectivity index (χ2v) is 1.32. The fourth-order valence-corrected chi connectivity index (χ4v) is 0.262. The van der Waals surface area contributed by atoms with Crippen LogP contribution in [0.3, 0.4) is 0 Å². The zero-order valence-electron chi connectivity index (χ0n) is 4.35. The molecule has 40 valence electrons. The van der Waals surface area contributed by atoms with E-state index < -0.39 is 0 Å². The fourth-order valence-electron chi connectivity index (χ4n) is 0.164. The molecule has 0 radical (unpaired) electrons. The molecule has 7 heavy (non-hydrogen) atoms. The molecule has 3 heteroatoms. The van der Waals surface area contributed by atoms with Crippen LogP contribution in [0.4, 0.5) is 0 Å². The Hall–Kier alpha value is -0.370. The molecule has 0 saturated carbocycles. The third-order valence-corrected chi connectivity index (χ3v) is 0.716. The quantitative estimate of drug-likeness (QED) is 0.458. The summed E-state index contributed by atoms with van der Waals surface area (Å²) in [4.78, 5) is 7.23. The lowest BCUT2D eigenvalue weighted by Crippen LogP contribution is -1.85. The van der Waals surface area contributed by atoms with Crippen molar-refractivity contribution in [1.82, 2.24) is 0 Å². The highest BCUT2D eigenvalue weighted by Crippen LogP contribution is 1.76. The van der Waals surface area contributed by atoms with Gasteiger partial charge < -0.3 is 0 Å². The second-order valence-electron chi connectivity index (χ2n) is 0.934. The van der Waals surface area contributed by atoms with Crippen molar-refractivity contribution in [2.75, 3.05) is 14.1 Å². The zero-order chi connectivity index (χ0) is 5.70. The normalized spacial score (nSPS) is 13.3. The molecule has 0 aromatic heterocycles. The van der Waals surface area contributed by atoms with E-state index in [1.54, 1.807) is 14.1 Å². The summed E-state index contributed by atoms with van der Waals surface area (Å²) in [5.74, 6) is 0. The van der Waals surface area contributed by atoms with Crippen LogP contribution in [0.5, 0.6) is 0 Å². The molecule has 0 spiro atoms. The van der Waals surface area contributed by atoms with E-state index in [4.69, 9.17) is 11.6 Å². The Morgan fingerprint density at radius 3 is 2.29 bits per heavy atom. The van der Waals surface area contributed by atoms with Crippen molar-refractivity contribution in [2.24, 2.45) is 9.98 Å². The average Bonchev–Trinajstić information content (AvgIpc) is 1.68. The second kappa shape index (κ2) is 3.81. The van der Waals surface area contributed by atoms with Crippen molar-refractivity contribution in [3.05, 3.63) is 0 Å². The standard InChI is InChI=1S/C4H7ClN2/c1-6-3-4(5)7-2/h3H,1-2H3. The Morgan fingerprint density at radius 2 is 2.14 bits per heavy atom. The molecule has 0 amide bonds. The first-order valence-corrected chi connectivity index (χ1v) is 2.23. The van der Waals surface area contributed by atoms with E-state index in [2.05, 4.69) is 9.98 Å². The van der Waals surface area contributed by atoms with Crippen molar-refractivity contribution >= 4 is 23.0 Å². The molecule has 0 aliphatic rings. The molecule has 0 unspecified atom stereocenters. The van der Waals surface area contributed by atoms with E-state index in [9.17, 15) is 0 Å². The van der Waals surface area contributed by atoms with Gasteiger partial charge in [0.1, 0.15) is 5.17 Å². The van der Waals surface area contributed by atoms with Gasteiger partial charge in [0.2, 0.25) is 0 Å². The van der Waals surface area contributed by atoms with Crippen molar-refractivity contribution in [3.63, 3.8) is 0 Å². The van der Waals surface area contributed by atoms with Crippen LogP contribution in [-0.2, 0) is 0 Å². The Bertz CT molecular complexity index is 95.9. The first-order chi connectivity index (χ1) is 3.31. The summed E-state index contributed by atoms with van der Waals surface area (Å²) in [6, 6.07) is 0. The lowest BCUT2D eigenvalue weighted by molar-refractivity contribution is 1.45. The summed E-state index contributed by atoms with van der Waals surface area (Å²) in [6.07, 6.45) is 1.49. The van der Waals surface area contributed by atoms with Crippen molar-refractivity contribution < 1.29 is 0 Å². The molecule has 0 aromatic rings. The zero-order valence-corrected chi connectivity index (χ0v) is 5.11. The molecule has 0 aliphatic carbocycles. The van der Waals surface area contributed by atoms with Gasteiger partial charge in [-0.25, -0.2) is 0 Å². The van der Waals surface area contributed by atoms with Gasteiger partial charge in [0, 0.05) is 14.1 Å². The minimum atomic E-state index is 0.433. The first-order valence-electron chi connectivity index (χ1n) is 1.85. The molecular weight excluding hydrogens is 112 g/mol. The van der Waals surface area contributed by atoms with Crippen LogP contribution in [0.1, 0.15) is 0 Å². The molecule has 2 nitrogen and oxygen atoms in total. The van der Waals surface area contributed by atoms with Gasteiger partial charge in [-0.3, -0.25) is 9.98 Å². The summed E-state index contributed by atoms with van der Waals surface area (Å²) in [5, 5.41) is 0.433. The number of halogens is 1. The SMILES string of the molecule is CN=CC(Cl)=NC. The van der Waals surface area contributed by atoms with Gasteiger partial charge in [-0.15, -0.1) is 0 Å². The Morgan fingerprint density at radius 1 is 1.57 bits per heavy atom. The maximum atomic E-state index is 5.37. The topological polar surface area (TPSA) is 24.7 Å². The molecule has 0 fully saturated rings. The van der Waals surface area contributed by atoms with E-state index in [1.807, 2.05) is 0 Å². The van der Waals surface area contributed by atoms with E-state index in [-0.39, 0.29) is 0 Å². The Balaban J connectivity index is 3.58. The summed E-state index contributed by atoms with van der Waals surface area (Å²) >= 11 is 5.37. The summed E-state index contributed by atoms with van der Waals surface area (Å²) in [7, 11) is 3.26. The number of aliphatic imine (C=N–C) groups is 2. The van der Waals surface area contributed by atoms with Crippen molar-refractivity contribution in [3.8, 4) is 0 Å². The molecule has 0 heterocycles. The predicted molar refractivity (Wildman–Crippen MR) is 33.6 cm³/mol.